The van der Waals surface area contributed by atoms with Crippen LogP contribution in [-0.2, 0) is 22.0 Å². The van der Waals surface area contributed by atoms with Gasteiger partial charge in [-0.3, -0.25) is 18.7 Å². The number of carbonyl (C=O) groups is 1. The van der Waals surface area contributed by atoms with Crippen LogP contribution in [0.5, 0.6) is 11.5 Å². The largest absolute Gasteiger partial charge is 0.471 e. The van der Waals surface area contributed by atoms with Gasteiger partial charge in [-0.2, -0.15) is 13.2 Å². The molecule has 0 unspecified atom stereocenters. The number of phosphoric acid groups is 1. The van der Waals surface area contributed by atoms with Crippen molar-refractivity contribution in [1.82, 2.24) is 4.57 Å². The molecule has 2 aromatic carbocycles. The number of rotatable bonds is 7. The van der Waals surface area contributed by atoms with Gasteiger partial charge >= 0.3 is 14.0 Å². The van der Waals surface area contributed by atoms with Crippen LogP contribution in [0, 0.1) is 12.7 Å². The number of pyridine rings is 1. The Kier molecular flexibility index (Phi) is 7.18. The van der Waals surface area contributed by atoms with Crippen LogP contribution < -0.4 is 16.0 Å². The maximum Gasteiger partial charge on any atom is 0.471 e. The van der Waals surface area contributed by atoms with Crippen molar-refractivity contribution < 1.29 is 46.0 Å². The van der Waals surface area contributed by atoms with E-state index in [0.29, 0.717) is 16.7 Å². The predicted molar refractivity (Wildman–Crippen MR) is 114 cm³/mol. The molecule has 0 atom stereocenters. The quantitative estimate of drug-likeness (QED) is 0.243. The Morgan fingerprint density at radius 3 is 2.37 bits per heavy atom. The van der Waals surface area contributed by atoms with E-state index < -0.39 is 60.5 Å². The van der Waals surface area contributed by atoms with Crippen LogP contribution in [0.3, 0.4) is 0 Å². The number of phosphoric ester groups is 1. The molecule has 0 radical (unpaired) electrons. The lowest BCUT2D eigenvalue weighted by molar-refractivity contribution is -0.137. The number of alkyl halides is 3. The first-order valence-electron chi connectivity index (χ1n) is 9.56. The monoisotopic (exact) mass is 516 g/mol. The number of ether oxygens (including phenoxy) is 1. The van der Waals surface area contributed by atoms with Crippen molar-refractivity contribution in [2.75, 3.05) is 5.73 Å². The molecule has 9 nitrogen and oxygen atoms in total. The Morgan fingerprint density at radius 2 is 1.77 bits per heavy atom. The maximum atomic E-state index is 13.4. The van der Waals surface area contributed by atoms with Gasteiger partial charge in [-0.05, 0) is 55.0 Å². The van der Waals surface area contributed by atoms with E-state index in [1.807, 2.05) is 0 Å². The van der Waals surface area contributed by atoms with Gasteiger partial charge in [0.05, 0.1) is 16.7 Å². The fraction of sp³-hybridized carbons (Fsp3) is 0.143. The zero-order valence-corrected chi connectivity index (χ0v) is 18.6. The second kappa shape index (κ2) is 9.62. The molecule has 3 rings (SSSR count). The highest BCUT2D eigenvalue weighted by atomic mass is 31.2. The van der Waals surface area contributed by atoms with Gasteiger partial charge in [0.15, 0.2) is 5.78 Å². The molecule has 0 saturated carbocycles. The number of ketones is 1. The summed E-state index contributed by atoms with van der Waals surface area (Å²) in [6.07, 6.45) is -3.80. The summed E-state index contributed by atoms with van der Waals surface area (Å²) in [5, 5.41) is 0. The van der Waals surface area contributed by atoms with E-state index in [1.54, 1.807) is 0 Å². The lowest BCUT2D eigenvalue weighted by Gasteiger charge is -2.16. The first-order chi connectivity index (χ1) is 16.2. The summed E-state index contributed by atoms with van der Waals surface area (Å²) in [5.41, 5.74) is 2.40. The van der Waals surface area contributed by atoms with Crippen LogP contribution in [0.4, 0.5) is 23.2 Å². The van der Waals surface area contributed by atoms with Crippen molar-refractivity contribution in [3.8, 4) is 11.5 Å². The van der Waals surface area contributed by atoms with Crippen LogP contribution in [-0.4, -0.2) is 20.1 Å². The summed E-state index contributed by atoms with van der Waals surface area (Å²) in [7, 11) is -4.91. The van der Waals surface area contributed by atoms with Gasteiger partial charge in [-0.15, -0.1) is 0 Å². The molecule has 14 heteroatoms. The Bertz CT molecular complexity index is 1400. The Morgan fingerprint density at radius 1 is 1.09 bits per heavy atom. The third-order valence-corrected chi connectivity index (χ3v) is 5.17. The zero-order chi connectivity index (χ0) is 26.1. The lowest BCUT2D eigenvalue weighted by Crippen LogP contribution is -2.26. The topological polar surface area (TPSA) is 141 Å². The molecule has 0 aliphatic rings. The molecule has 35 heavy (non-hydrogen) atoms. The van der Waals surface area contributed by atoms with Gasteiger partial charge in [-0.25, -0.2) is 8.96 Å². The minimum absolute atomic E-state index is 0.0160. The average molecular weight is 516 g/mol. The third kappa shape index (κ3) is 6.14. The fourth-order valence-electron chi connectivity index (χ4n) is 2.99. The van der Waals surface area contributed by atoms with Gasteiger partial charge in [0.2, 0.25) is 0 Å². The second-order valence-corrected chi connectivity index (χ2v) is 8.46. The zero-order valence-electron chi connectivity index (χ0n) is 17.7. The van der Waals surface area contributed by atoms with Crippen molar-refractivity contribution in [3.05, 3.63) is 87.1 Å². The molecular weight excluding hydrogens is 499 g/mol. The van der Waals surface area contributed by atoms with E-state index in [9.17, 15) is 31.7 Å². The molecule has 0 aliphatic carbocycles. The predicted octanol–water partition coefficient (Wildman–Crippen LogP) is 3.99. The van der Waals surface area contributed by atoms with E-state index in [1.165, 1.54) is 13.0 Å². The number of hydrogen-bond acceptors (Lipinski definition) is 6. The van der Waals surface area contributed by atoms with Gasteiger partial charge in [0.25, 0.3) is 5.56 Å². The molecular formula is C21H17F4N2O7P. The number of hydrogen-bond donors (Lipinski definition) is 3. The highest BCUT2D eigenvalue weighted by molar-refractivity contribution is 7.46. The van der Waals surface area contributed by atoms with E-state index >= 15 is 0 Å². The van der Waals surface area contributed by atoms with Crippen molar-refractivity contribution in [2.24, 2.45) is 0 Å². The van der Waals surface area contributed by atoms with E-state index in [4.69, 9.17) is 20.3 Å². The van der Waals surface area contributed by atoms with Crippen LogP contribution in [0.25, 0.3) is 0 Å². The van der Waals surface area contributed by atoms with E-state index in [2.05, 4.69) is 4.52 Å². The van der Waals surface area contributed by atoms with E-state index in [0.717, 1.165) is 30.5 Å². The van der Waals surface area contributed by atoms with Crippen molar-refractivity contribution >= 4 is 19.3 Å². The Hall–Kier alpha value is -3.51. The van der Waals surface area contributed by atoms with Gasteiger partial charge in [0, 0.05) is 6.20 Å². The summed E-state index contributed by atoms with van der Waals surface area (Å²) in [4.78, 5) is 43.1. The Balaban J connectivity index is 2.06. The molecule has 0 spiro atoms. The number of halogens is 4. The molecule has 0 aliphatic heterocycles. The van der Waals surface area contributed by atoms with Crippen LogP contribution in [0.2, 0.25) is 0 Å². The highest BCUT2D eigenvalue weighted by Crippen LogP contribution is 2.37. The number of aromatic nitrogens is 1. The molecule has 186 valence electrons. The SMILES string of the molecule is Cc1cc(F)ccc1Oc1cc(C(F)(F)F)ccc1C(=O)c1ccn(COP(=O)(O)O)c(=O)c1N. The molecule has 4 N–H and O–H groups in total. The van der Waals surface area contributed by atoms with Crippen LogP contribution >= 0.6 is 7.82 Å². The number of anilines is 1. The smallest absolute Gasteiger partial charge is 0.456 e. The molecule has 0 saturated heterocycles. The van der Waals surface area contributed by atoms with Crippen molar-refractivity contribution in [3.63, 3.8) is 0 Å². The summed E-state index contributed by atoms with van der Waals surface area (Å²) in [6, 6.07) is 6.39. The minimum atomic E-state index is -4.91. The molecule has 0 bridgehead atoms. The fourth-order valence-corrected chi connectivity index (χ4v) is 3.27. The highest BCUT2D eigenvalue weighted by Gasteiger charge is 2.32. The summed E-state index contributed by atoms with van der Waals surface area (Å²) < 4.78 is 74.6. The van der Waals surface area contributed by atoms with Gasteiger partial charge < -0.3 is 20.3 Å². The number of nitrogens with two attached hydrogens (primary N) is 1. The van der Waals surface area contributed by atoms with Crippen LogP contribution in [0.15, 0.2) is 53.5 Å². The van der Waals surface area contributed by atoms with Gasteiger partial charge in [-0.1, -0.05) is 0 Å². The maximum absolute atomic E-state index is 13.4. The number of nitrogens with zero attached hydrogens (tertiary/aromatic N) is 1. The molecule has 0 amide bonds. The number of carbonyl (C=O) groups excluding carboxylic acids is 1. The molecule has 0 fully saturated rings. The van der Waals surface area contributed by atoms with Crippen molar-refractivity contribution in [1.29, 1.82) is 0 Å². The number of benzene rings is 2. The van der Waals surface area contributed by atoms with Gasteiger partial charge in [0.1, 0.15) is 29.7 Å². The first-order valence-corrected chi connectivity index (χ1v) is 11.1. The summed E-state index contributed by atoms with van der Waals surface area (Å²) in [6.45, 7) is 0.575. The summed E-state index contributed by atoms with van der Waals surface area (Å²) >= 11 is 0. The van der Waals surface area contributed by atoms with E-state index in [-0.39, 0.29) is 16.9 Å². The normalized spacial score (nSPS) is 12.0. The molecule has 1 heterocycles. The Labute approximate surface area is 194 Å². The van der Waals surface area contributed by atoms with Crippen LogP contribution in [0.1, 0.15) is 27.0 Å². The standard InChI is InChI=1S/C21H17F4N2O7P/c1-11-8-13(22)3-5-16(11)34-17-9-12(21(23,24)25)2-4-14(17)19(28)15-6-7-27(20(29)18(15)26)10-33-35(30,31)32/h2-9H,10,26H2,1H3,(H2,30,31,32). The number of nitrogen functional groups attached to an aromatic ring is 1. The third-order valence-electron chi connectivity index (χ3n) is 4.72. The first kappa shape index (κ1) is 26.1. The minimum Gasteiger partial charge on any atom is -0.456 e. The summed E-state index contributed by atoms with van der Waals surface area (Å²) in [5.74, 6) is -2.11. The average Bonchev–Trinajstić information content (AvgIpc) is 2.75. The lowest BCUT2D eigenvalue weighted by atomic mass is 10.00. The van der Waals surface area contributed by atoms with Crippen molar-refractivity contribution in [2.45, 2.75) is 19.8 Å². The second-order valence-electron chi connectivity index (χ2n) is 7.22. The molecule has 3 aromatic rings. The molecule has 1 aromatic heterocycles. The number of aryl methyl sites for hydroxylation is 1.